The fourth-order valence-corrected chi connectivity index (χ4v) is 2.38. The Morgan fingerprint density at radius 2 is 1.55 bits per heavy atom. The van der Waals surface area contributed by atoms with Gasteiger partial charge in [-0.2, -0.15) is 20.7 Å². The van der Waals surface area contributed by atoms with Crippen molar-refractivity contribution in [2.24, 2.45) is 0 Å². The van der Waals surface area contributed by atoms with Gasteiger partial charge >= 0.3 is 0 Å². The number of hydrogen-bond acceptors (Lipinski definition) is 6. The van der Waals surface area contributed by atoms with Crippen molar-refractivity contribution in [2.45, 2.75) is 0 Å². The van der Waals surface area contributed by atoms with Crippen molar-refractivity contribution in [1.82, 2.24) is 29.9 Å². The summed E-state index contributed by atoms with van der Waals surface area (Å²) in [5.41, 5.74) is 1.56. The molecule has 0 aliphatic carbocycles. The number of halogens is 3. The number of nitrogens with zero attached hydrogens (tertiary/aromatic N) is 7. The first-order valence-corrected chi connectivity index (χ1v) is 8.87. The van der Waals surface area contributed by atoms with E-state index in [1.165, 1.54) is 36.1 Å². The molecule has 4 rings (SSSR count). The van der Waals surface area contributed by atoms with Crippen LogP contribution in [0.2, 0.25) is 15.1 Å². The van der Waals surface area contributed by atoms with Gasteiger partial charge in [-0.25, -0.2) is 14.6 Å². The average Bonchev–Trinajstić information content (AvgIpc) is 3.47. The first kappa shape index (κ1) is 21.9. The maximum absolute atomic E-state index is 8.87. The lowest BCUT2D eigenvalue weighted by atomic mass is 10.2. The highest BCUT2D eigenvalue weighted by molar-refractivity contribution is 6.33. The van der Waals surface area contributed by atoms with E-state index in [4.69, 9.17) is 45.3 Å². The highest BCUT2D eigenvalue weighted by Gasteiger charge is 2.04. The minimum absolute atomic E-state index is 0.411. The van der Waals surface area contributed by atoms with Crippen LogP contribution in [0, 0.1) is 22.7 Å². The monoisotopic (exact) mass is 444 g/mol. The second-order valence-corrected chi connectivity index (χ2v) is 6.28. The maximum atomic E-state index is 8.87. The van der Waals surface area contributed by atoms with Gasteiger partial charge in [-0.3, -0.25) is 5.10 Å². The zero-order valence-electron chi connectivity index (χ0n) is 14.5. The molecular weight excluding hydrogens is 435 g/mol. The van der Waals surface area contributed by atoms with Crippen molar-refractivity contribution in [3.8, 4) is 17.8 Å². The molecule has 2 aromatic carbocycles. The van der Waals surface area contributed by atoms with Crippen molar-refractivity contribution in [1.29, 1.82) is 10.5 Å². The van der Waals surface area contributed by atoms with Crippen LogP contribution in [0.3, 0.4) is 0 Å². The van der Waals surface area contributed by atoms with Gasteiger partial charge in [-0.1, -0.05) is 34.8 Å². The molecule has 0 saturated heterocycles. The van der Waals surface area contributed by atoms with E-state index < -0.39 is 0 Å². The Morgan fingerprint density at radius 1 is 0.862 bits per heavy atom. The Bertz CT molecular complexity index is 1100. The molecule has 0 aliphatic rings. The van der Waals surface area contributed by atoms with Crippen molar-refractivity contribution in [3.63, 3.8) is 0 Å². The Balaban J connectivity index is 0.000000173. The quantitative estimate of drug-likeness (QED) is 0.462. The Hall–Kier alpha value is -3.43. The summed E-state index contributed by atoms with van der Waals surface area (Å²) in [5.74, 6) is 0. The van der Waals surface area contributed by atoms with Gasteiger partial charge in [0.05, 0.1) is 21.8 Å². The second-order valence-electron chi connectivity index (χ2n) is 5.00. The Morgan fingerprint density at radius 3 is 2.03 bits per heavy atom. The third kappa shape index (κ3) is 6.91. The molecule has 0 saturated carbocycles. The van der Waals surface area contributed by atoms with Gasteiger partial charge in [0.25, 0.3) is 0 Å². The molecule has 4 aromatic rings. The van der Waals surface area contributed by atoms with Crippen LogP contribution in [0.25, 0.3) is 5.69 Å². The molecule has 29 heavy (non-hydrogen) atoms. The topological polar surface area (TPSA) is 120 Å². The van der Waals surface area contributed by atoms with Crippen LogP contribution in [0.1, 0.15) is 11.1 Å². The summed E-state index contributed by atoms with van der Waals surface area (Å²) in [6.45, 7) is 0. The number of rotatable bonds is 1. The van der Waals surface area contributed by atoms with Gasteiger partial charge in [-0.05, 0) is 36.4 Å². The highest BCUT2D eigenvalue weighted by Crippen LogP contribution is 2.19. The Kier molecular flexibility index (Phi) is 8.61. The fraction of sp³-hybridized carbons (Fsp3) is 0. The fourth-order valence-electron chi connectivity index (χ4n) is 1.88. The summed E-state index contributed by atoms with van der Waals surface area (Å²) in [5, 5.41) is 28.7. The predicted molar refractivity (Wildman–Crippen MR) is 109 cm³/mol. The molecule has 0 fully saturated rings. The van der Waals surface area contributed by atoms with Gasteiger partial charge in [0, 0.05) is 10.0 Å². The molecule has 0 spiro atoms. The van der Waals surface area contributed by atoms with Crippen LogP contribution >= 0.6 is 34.8 Å². The predicted octanol–water partition coefficient (Wildman–Crippen LogP) is 4.46. The zero-order chi connectivity index (χ0) is 21.1. The molecule has 1 N–H and O–H groups in total. The number of aromatic nitrogens is 6. The minimum Gasteiger partial charge on any atom is -0.266 e. The molecule has 0 unspecified atom stereocenters. The number of aromatic amines is 1. The largest absolute Gasteiger partial charge is 0.266 e. The first-order chi connectivity index (χ1) is 14.0. The van der Waals surface area contributed by atoms with Gasteiger partial charge in [-0.15, -0.1) is 0 Å². The summed E-state index contributed by atoms with van der Waals surface area (Å²) >= 11 is 17.0. The number of nitrogens with one attached hydrogen (secondary N) is 1. The standard InChI is InChI=1S/C9H5ClN4.C7H3Cl2N.C2H3N3/c10-8-1-2-9(7(3-8)4-11)14-6-12-5-13-14;8-6-1-2-7(9)5(3-6)4-10;1-3-2-5-4-1/h1-3,5-6H;1-3H;1-2H,(H,3,4,5). The van der Waals surface area contributed by atoms with Crippen molar-refractivity contribution in [2.75, 3.05) is 0 Å². The smallest absolute Gasteiger partial charge is 0.138 e. The molecule has 0 atom stereocenters. The lowest BCUT2D eigenvalue weighted by Gasteiger charge is -2.02. The summed E-state index contributed by atoms with van der Waals surface area (Å²) in [6.07, 6.45) is 5.90. The molecule has 0 amide bonds. The summed E-state index contributed by atoms with van der Waals surface area (Å²) < 4.78 is 1.52. The second kappa shape index (κ2) is 11.4. The zero-order valence-corrected chi connectivity index (χ0v) is 16.8. The third-order valence-electron chi connectivity index (χ3n) is 3.12. The average molecular weight is 446 g/mol. The van der Waals surface area contributed by atoms with E-state index in [1.807, 2.05) is 6.07 Å². The van der Waals surface area contributed by atoms with Gasteiger partial charge in [0.2, 0.25) is 0 Å². The van der Waals surface area contributed by atoms with Gasteiger partial charge in [0.1, 0.15) is 37.4 Å². The van der Waals surface area contributed by atoms with Gasteiger partial charge < -0.3 is 0 Å². The summed E-state index contributed by atoms with van der Waals surface area (Å²) in [4.78, 5) is 7.36. The molecule has 8 nitrogen and oxygen atoms in total. The van der Waals surface area contributed by atoms with E-state index in [1.54, 1.807) is 30.3 Å². The van der Waals surface area contributed by atoms with E-state index in [2.05, 4.69) is 31.3 Å². The lowest BCUT2D eigenvalue weighted by Crippen LogP contribution is -1.97. The number of benzene rings is 2. The highest BCUT2D eigenvalue weighted by atomic mass is 35.5. The normalized spacial score (nSPS) is 9.14. The molecular formula is C18H11Cl3N8. The molecule has 2 heterocycles. The van der Waals surface area contributed by atoms with E-state index in [0.717, 1.165) is 0 Å². The summed E-state index contributed by atoms with van der Waals surface area (Å²) in [6, 6.07) is 13.8. The molecule has 0 aliphatic heterocycles. The Labute approximate surface area is 180 Å². The van der Waals surface area contributed by atoms with Crippen molar-refractivity contribution in [3.05, 3.63) is 87.9 Å². The van der Waals surface area contributed by atoms with Crippen LogP contribution < -0.4 is 0 Å². The summed E-state index contributed by atoms with van der Waals surface area (Å²) in [7, 11) is 0. The number of nitriles is 2. The number of hydrogen-bond donors (Lipinski definition) is 1. The van der Waals surface area contributed by atoms with E-state index in [-0.39, 0.29) is 0 Å². The van der Waals surface area contributed by atoms with Crippen LogP contribution in [0.5, 0.6) is 0 Å². The van der Waals surface area contributed by atoms with E-state index in [9.17, 15) is 0 Å². The van der Waals surface area contributed by atoms with Crippen LogP contribution in [0.15, 0.2) is 61.7 Å². The van der Waals surface area contributed by atoms with Crippen LogP contribution in [0.4, 0.5) is 0 Å². The minimum atomic E-state index is 0.411. The molecule has 2 aromatic heterocycles. The number of H-pyrrole nitrogens is 1. The molecule has 0 bridgehead atoms. The van der Waals surface area contributed by atoms with Crippen LogP contribution in [-0.2, 0) is 0 Å². The van der Waals surface area contributed by atoms with E-state index >= 15 is 0 Å². The SMILES string of the molecule is N#Cc1cc(Cl)ccc1-n1cncn1.N#Cc1cc(Cl)ccc1Cl.c1nc[nH]n1. The van der Waals surface area contributed by atoms with Crippen molar-refractivity contribution >= 4 is 34.8 Å². The van der Waals surface area contributed by atoms with E-state index in [0.29, 0.717) is 31.9 Å². The maximum Gasteiger partial charge on any atom is 0.138 e. The third-order valence-corrected chi connectivity index (χ3v) is 3.92. The molecule has 11 heteroatoms. The molecule has 144 valence electrons. The molecule has 0 radical (unpaired) electrons. The van der Waals surface area contributed by atoms with Gasteiger partial charge in [0.15, 0.2) is 0 Å². The first-order valence-electron chi connectivity index (χ1n) is 7.73. The van der Waals surface area contributed by atoms with Crippen LogP contribution in [-0.4, -0.2) is 29.9 Å². The lowest BCUT2D eigenvalue weighted by molar-refractivity contribution is 0.876. The van der Waals surface area contributed by atoms with Crippen molar-refractivity contribution < 1.29 is 0 Å².